The number of likely N-dealkylation sites (N-methyl/N-ethyl adjacent to an activating group) is 1. The van der Waals surface area contributed by atoms with Gasteiger partial charge in [-0.1, -0.05) is 6.07 Å². The van der Waals surface area contributed by atoms with Gasteiger partial charge in [-0.05, 0) is 63.5 Å². The standard InChI is InChI=1S/C16H25N3O/c1-12-7-13(2)9-15(8-12)18-16(20)11-19-6-4-5-14(10-19)17-3/h7-9,14,17H,4-6,10-11H2,1-3H3,(H,18,20). The first-order chi connectivity index (χ1) is 9.56. The third kappa shape index (κ3) is 4.32. The molecule has 0 spiro atoms. The van der Waals surface area contributed by atoms with Gasteiger partial charge < -0.3 is 10.6 Å². The molecule has 0 radical (unpaired) electrons. The Labute approximate surface area is 121 Å². The van der Waals surface area contributed by atoms with Crippen LogP contribution in [-0.4, -0.2) is 43.5 Å². The zero-order valence-corrected chi connectivity index (χ0v) is 12.7. The van der Waals surface area contributed by atoms with Crippen LogP contribution in [-0.2, 0) is 4.79 Å². The van der Waals surface area contributed by atoms with Crippen molar-refractivity contribution in [2.75, 3.05) is 32.0 Å². The largest absolute Gasteiger partial charge is 0.325 e. The Morgan fingerprint density at radius 1 is 1.30 bits per heavy atom. The van der Waals surface area contributed by atoms with Gasteiger partial charge in [-0.2, -0.15) is 0 Å². The first kappa shape index (κ1) is 15.0. The van der Waals surface area contributed by atoms with E-state index < -0.39 is 0 Å². The summed E-state index contributed by atoms with van der Waals surface area (Å²) >= 11 is 0. The van der Waals surface area contributed by atoms with Crippen LogP contribution in [0.3, 0.4) is 0 Å². The highest BCUT2D eigenvalue weighted by Crippen LogP contribution is 2.14. The molecule has 1 atom stereocenters. The van der Waals surface area contributed by atoms with Crippen LogP contribution in [0.2, 0.25) is 0 Å². The predicted octanol–water partition coefficient (Wildman–Crippen LogP) is 1.93. The van der Waals surface area contributed by atoms with E-state index in [-0.39, 0.29) is 5.91 Å². The maximum Gasteiger partial charge on any atom is 0.238 e. The van der Waals surface area contributed by atoms with Crippen molar-refractivity contribution in [2.24, 2.45) is 0 Å². The van der Waals surface area contributed by atoms with Gasteiger partial charge in [0.15, 0.2) is 0 Å². The number of piperidine rings is 1. The van der Waals surface area contributed by atoms with Gasteiger partial charge >= 0.3 is 0 Å². The van der Waals surface area contributed by atoms with Crippen molar-refractivity contribution in [3.05, 3.63) is 29.3 Å². The molecule has 1 aromatic carbocycles. The van der Waals surface area contributed by atoms with Gasteiger partial charge in [0.25, 0.3) is 0 Å². The predicted molar refractivity (Wildman–Crippen MR) is 83.1 cm³/mol. The Hall–Kier alpha value is -1.39. The van der Waals surface area contributed by atoms with E-state index in [1.165, 1.54) is 17.5 Å². The molecule has 1 aliphatic rings. The molecule has 1 saturated heterocycles. The molecule has 0 bridgehead atoms. The maximum absolute atomic E-state index is 12.1. The number of rotatable bonds is 4. The number of carbonyl (C=O) groups excluding carboxylic acids is 1. The number of benzene rings is 1. The molecule has 1 aromatic rings. The molecule has 4 heteroatoms. The smallest absolute Gasteiger partial charge is 0.238 e. The molecule has 1 aliphatic heterocycles. The fraction of sp³-hybridized carbons (Fsp3) is 0.562. The van der Waals surface area contributed by atoms with Crippen molar-refractivity contribution in [3.63, 3.8) is 0 Å². The minimum atomic E-state index is 0.0757. The number of nitrogens with one attached hydrogen (secondary N) is 2. The second-order valence-corrected chi connectivity index (χ2v) is 5.79. The second kappa shape index (κ2) is 6.86. The minimum Gasteiger partial charge on any atom is -0.325 e. The van der Waals surface area contributed by atoms with Crippen molar-refractivity contribution in [1.82, 2.24) is 10.2 Å². The van der Waals surface area contributed by atoms with Gasteiger partial charge in [0.1, 0.15) is 0 Å². The Morgan fingerprint density at radius 3 is 2.65 bits per heavy atom. The molecule has 1 heterocycles. The van der Waals surface area contributed by atoms with E-state index in [2.05, 4.69) is 21.6 Å². The molecule has 4 nitrogen and oxygen atoms in total. The van der Waals surface area contributed by atoms with E-state index in [0.29, 0.717) is 12.6 Å². The molecule has 0 saturated carbocycles. The van der Waals surface area contributed by atoms with Crippen molar-refractivity contribution >= 4 is 11.6 Å². The zero-order chi connectivity index (χ0) is 14.5. The van der Waals surface area contributed by atoms with Crippen molar-refractivity contribution in [2.45, 2.75) is 32.7 Å². The van der Waals surface area contributed by atoms with Crippen LogP contribution < -0.4 is 10.6 Å². The number of amides is 1. The van der Waals surface area contributed by atoms with Gasteiger partial charge in [0.05, 0.1) is 6.54 Å². The van der Waals surface area contributed by atoms with Crippen molar-refractivity contribution in [3.8, 4) is 0 Å². The van der Waals surface area contributed by atoms with Crippen LogP contribution in [0.5, 0.6) is 0 Å². The number of nitrogens with zero attached hydrogens (tertiary/aromatic N) is 1. The summed E-state index contributed by atoms with van der Waals surface area (Å²) in [7, 11) is 1.99. The number of likely N-dealkylation sites (tertiary alicyclic amines) is 1. The highest BCUT2D eigenvalue weighted by molar-refractivity contribution is 5.92. The third-order valence-corrected chi connectivity index (χ3v) is 3.79. The summed E-state index contributed by atoms with van der Waals surface area (Å²) in [5.74, 6) is 0.0757. The van der Waals surface area contributed by atoms with Gasteiger partial charge in [-0.3, -0.25) is 9.69 Å². The number of anilines is 1. The molecule has 1 fully saturated rings. The Balaban J connectivity index is 1.88. The molecule has 20 heavy (non-hydrogen) atoms. The highest BCUT2D eigenvalue weighted by Gasteiger charge is 2.20. The molecular weight excluding hydrogens is 250 g/mol. The average Bonchev–Trinajstić information content (AvgIpc) is 2.37. The molecule has 1 unspecified atom stereocenters. The maximum atomic E-state index is 12.1. The van der Waals surface area contributed by atoms with Gasteiger partial charge in [-0.25, -0.2) is 0 Å². The normalized spacial score (nSPS) is 19.9. The van der Waals surface area contributed by atoms with E-state index >= 15 is 0 Å². The first-order valence-corrected chi connectivity index (χ1v) is 7.34. The van der Waals surface area contributed by atoms with E-state index in [9.17, 15) is 4.79 Å². The number of hydrogen-bond acceptors (Lipinski definition) is 3. The monoisotopic (exact) mass is 275 g/mol. The summed E-state index contributed by atoms with van der Waals surface area (Å²) in [6.07, 6.45) is 2.36. The molecule has 110 valence electrons. The second-order valence-electron chi connectivity index (χ2n) is 5.79. The molecule has 1 amide bonds. The van der Waals surface area contributed by atoms with Crippen LogP contribution in [0.4, 0.5) is 5.69 Å². The molecule has 2 rings (SSSR count). The Kier molecular flexibility index (Phi) is 5.15. The van der Waals surface area contributed by atoms with Gasteiger partial charge in [0, 0.05) is 18.3 Å². The summed E-state index contributed by atoms with van der Waals surface area (Å²) in [4.78, 5) is 14.3. The molecule has 0 aromatic heterocycles. The summed E-state index contributed by atoms with van der Waals surface area (Å²) in [5.41, 5.74) is 3.25. The lowest BCUT2D eigenvalue weighted by atomic mass is 10.1. The quantitative estimate of drug-likeness (QED) is 0.882. The fourth-order valence-electron chi connectivity index (χ4n) is 2.89. The average molecular weight is 275 g/mol. The number of carbonyl (C=O) groups is 1. The summed E-state index contributed by atoms with van der Waals surface area (Å²) in [5, 5.41) is 6.30. The van der Waals surface area contributed by atoms with E-state index in [1.807, 2.05) is 33.0 Å². The van der Waals surface area contributed by atoms with Crippen LogP contribution >= 0.6 is 0 Å². The van der Waals surface area contributed by atoms with Crippen molar-refractivity contribution in [1.29, 1.82) is 0 Å². The molecule has 0 aliphatic carbocycles. The Bertz CT molecular complexity index is 453. The number of hydrogen-bond donors (Lipinski definition) is 2. The number of aryl methyl sites for hydroxylation is 2. The van der Waals surface area contributed by atoms with Gasteiger partial charge in [-0.15, -0.1) is 0 Å². The van der Waals surface area contributed by atoms with Crippen LogP contribution in [0.1, 0.15) is 24.0 Å². The molecule has 2 N–H and O–H groups in total. The van der Waals surface area contributed by atoms with Gasteiger partial charge in [0.2, 0.25) is 5.91 Å². The van der Waals surface area contributed by atoms with Crippen LogP contribution in [0.25, 0.3) is 0 Å². The lowest BCUT2D eigenvalue weighted by Gasteiger charge is -2.31. The topological polar surface area (TPSA) is 44.4 Å². The third-order valence-electron chi connectivity index (χ3n) is 3.79. The van der Waals surface area contributed by atoms with E-state index in [4.69, 9.17) is 0 Å². The SMILES string of the molecule is CNC1CCCN(CC(=O)Nc2cc(C)cc(C)c2)C1. The van der Waals surface area contributed by atoms with Crippen LogP contribution in [0.15, 0.2) is 18.2 Å². The lowest BCUT2D eigenvalue weighted by molar-refractivity contribution is -0.117. The van der Waals surface area contributed by atoms with E-state index in [1.54, 1.807) is 0 Å². The summed E-state index contributed by atoms with van der Waals surface area (Å²) in [6, 6.07) is 6.64. The van der Waals surface area contributed by atoms with E-state index in [0.717, 1.165) is 25.2 Å². The summed E-state index contributed by atoms with van der Waals surface area (Å²) < 4.78 is 0. The lowest BCUT2D eigenvalue weighted by Crippen LogP contribution is -2.46. The minimum absolute atomic E-state index is 0.0757. The highest BCUT2D eigenvalue weighted by atomic mass is 16.2. The summed E-state index contributed by atoms with van der Waals surface area (Å²) in [6.45, 7) is 6.54. The fourth-order valence-corrected chi connectivity index (χ4v) is 2.89. The van der Waals surface area contributed by atoms with Crippen LogP contribution in [0, 0.1) is 13.8 Å². The zero-order valence-electron chi connectivity index (χ0n) is 12.7. The molecular formula is C16H25N3O. The first-order valence-electron chi connectivity index (χ1n) is 7.34. The van der Waals surface area contributed by atoms with Crippen molar-refractivity contribution < 1.29 is 4.79 Å². The Morgan fingerprint density at radius 2 is 2.00 bits per heavy atom.